The highest BCUT2D eigenvalue weighted by atomic mass is 35.5. The molecule has 0 aromatic heterocycles. The highest BCUT2D eigenvalue weighted by Crippen LogP contribution is 2.15. The summed E-state index contributed by atoms with van der Waals surface area (Å²) in [5.74, 6) is -1.98. The van der Waals surface area contributed by atoms with E-state index in [2.05, 4.69) is 4.90 Å². The van der Waals surface area contributed by atoms with Crippen molar-refractivity contribution in [1.82, 2.24) is 9.80 Å². The second kappa shape index (κ2) is 6.30. The number of halogens is 3. The van der Waals surface area contributed by atoms with Crippen LogP contribution < -0.4 is 0 Å². The van der Waals surface area contributed by atoms with E-state index in [1.54, 1.807) is 4.90 Å². The van der Waals surface area contributed by atoms with Crippen LogP contribution in [0.2, 0.25) is 0 Å². The van der Waals surface area contributed by atoms with Gasteiger partial charge in [-0.1, -0.05) is 6.07 Å². The van der Waals surface area contributed by atoms with Crippen LogP contribution >= 0.6 is 11.6 Å². The van der Waals surface area contributed by atoms with Crippen molar-refractivity contribution in [1.29, 1.82) is 0 Å². The molecule has 104 valence electrons. The van der Waals surface area contributed by atoms with Crippen LogP contribution in [0.5, 0.6) is 0 Å². The standard InChI is InChI=1S/C13H15ClF2N2O/c14-4-5-17-6-8-18(9-7-17)13(19)10-2-1-3-11(15)12(10)16/h1-3H,4-9H2. The Morgan fingerprint density at radius 1 is 1.21 bits per heavy atom. The lowest BCUT2D eigenvalue weighted by atomic mass is 10.1. The van der Waals surface area contributed by atoms with Crippen LogP contribution in [-0.2, 0) is 0 Å². The molecule has 0 radical (unpaired) electrons. The van der Waals surface area contributed by atoms with Gasteiger partial charge in [0, 0.05) is 38.6 Å². The van der Waals surface area contributed by atoms with E-state index in [9.17, 15) is 13.6 Å². The van der Waals surface area contributed by atoms with Crippen molar-refractivity contribution in [2.45, 2.75) is 0 Å². The Morgan fingerprint density at radius 3 is 2.53 bits per heavy atom. The molecule has 0 unspecified atom stereocenters. The van der Waals surface area contributed by atoms with Crippen molar-refractivity contribution in [2.24, 2.45) is 0 Å². The van der Waals surface area contributed by atoms with Crippen molar-refractivity contribution in [3.8, 4) is 0 Å². The summed E-state index contributed by atoms with van der Waals surface area (Å²) >= 11 is 5.65. The van der Waals surface area contributed by atoms with Gasteiger partial charge in [-0.25, -0.2) is 8.78 Å². The van der Waals surface area contributed by atoms with E-state index < -0.39 is 17.5 Å². The Kier molecular flexibility index (Phi) is 4.71. The lowest BCUT2D eigenvalue weighted by Gasteiger charge is -2.34. The predicted octanol–water partition coefficient (Wildman–Crippen LogP) is 1.96. The molecular weight excluding hydrogens is 274 g/mol. The van der Waals surface area contributed by atoms with Gasteiger partial charge < -0.3 is 4.90 Å². The average Bonchev–Trinajstić information content (AvgIpc) is 2.42. The van der Waals surface area contributed by atoms with Crippen molar-refractivity contribution in [3.63, 3.8) is 0 Å². The van der Waals surface area contributed by atoms with E-state index in [-0.39, 0.29) is 5.56 Å². The number of amides is 1. The molecule has 1 aliphatic rings. The molecule has 0 N–H and O–H groups in total. The first-order valence-corrected chi connectivity index (χ1v) is 6.68. The maximum absolute atomic E-state index is 13.6. The number of rotatable bonds is 3. The number of benzene rings is 1. The van der Waals surface area contributed by atoms with E-state index >= 15 is 0 Å². The SMILES string of the molecule is O=C(c1cccc(F)c1F)N1CCN(CCCl)CC1. The third-order valence-electron chi connectivity index (χ3n) is 3.24. The van der Waals surface area contributed by atoms with Gasteiger partial charge in [-0.2, -0.15) is 0 Å². The van der Waals surface area contributed by atoms with E-state index in [0.29, 0.717) is 32.1 Å². The number of nitrogens with zero attached hydrogens (tertiary/aromatic N) is 2. The Balaban J connectivity index is 2.03. The van der Waals surface area contributed by atoms with Crippen molar-refractivity contribution >= 4 is 17.5 Å². The third-order valence-corrected chi connectivity index (χ3v) is 3.41. The molecule has 0 saturated carbocycles. The number of hydrogen-bond donors (Lipinski definition) is 0. The van der Waals surface area contributed by atoms with Crippen LogP contribution in [0.4, 0.5) is 8.78 Å². The predicted molar refractivity (Wildman–Crippen MR) is 69.4 cm³/mol. The topological polar surface area (TPSA) is 23.6 Å². The summed E-state index contributed by atoms with van der Waals surface area (Å²) in [5.41, 5.74) is -0.203. The molecule has 2 rings (SSSR count). The molecule has 1 saturated heterocycles. The molecule has 0 atom stereocenters. The average molecular weight is 289 g/mol. The molecule has 1 heterocycles. The summed E-state index contributed by atoms with van der Waals surface area (Å²) < 4.78 is 26.7. The van der Waals surface area contributed by atoms with Crippen molar-refractivity contribution in [3.05, 3.63) is 35.4 Å². The highest BCUT2D eigenvalue weighted by Gasteiger charge is 2.24. The summed E-state index contributed by atoms with van der Waals surface area (Å²) in [6.45, 7) is 3.19. The third kappa shape index (κ3) is 3.22. The minimum absolute atomic E-state index is 0.203. The van der Waals surface area contributed by atoms with Gasteiger partial charge in [0.2, 0.25) is 0 Å². The first-order valence-electron chi connectivity index (χ1n) is 6.15. The van der Waals surface area contributed by atoms with E-state index in [4.69, 9.17) is 11.6 Å². The van der Waals surface area contributed by atoms with Gasteiger partial charge in [0.15, 0.2) is 11.6 Å². The number of carbonyl (C=O) groups is 1. The van der Waals surface area contributed by atoms with Crippen LogP contribution in [0.15, 0.2) is 18.2 Å². The summed E-state index contributed by atoms with van der Waals surface area (Å²) in [6, 6.07) is 3.66. The minimum atomic E-state index is -1.07. The number of carbonyl (C=O) groups excluding carboxylic acids is 1. The number of piperazine rings is 1. The second-order valence-corrected chi connectivity index (χ2v) is 4.80. The largest absolute Gasteiger partial charge is 0.336 e. The molecule has 1 aromatic rings. The van der Waals surface area contributed by atoms with Gasteiger partial charge in [0.05, 0.1) is 5.56 Å². The lowest BCUT2D eigenvalue weighted by molar-refractivity contribution is 0.0638. The zero-order chi connectivity index (χ0) is 13.8. The minimum Gasteiger partial charge on any atom is -0.336 e. The zero-order valence-corrected chi connectivity index (χ0v) is 11.2. The van der Waals surface area contributed by atoms with Crippen LogP contribution in [0.25, 0.3) is 0 Å². The molecule has 3 nitrogen and oxygen atoms in total. The molecule has 1 aromatic carbocycles. The van der Waals surface area contributed by atoms with Crippen molar-refractivity contribution in [2.75, 3.05) is 38.6 Å². The molecular formula is C13H15ClF2N2O. The van der Waals surface area contributed by atoms with Crippen LogP contribution in [0.3, 0.4) is 0 Å². The summed E-state index contributed by atoms with van der Waals surface area (Å²) in [5, 5.41) is 0. The zero-order valence-electron chi connectivity index (χ0n) is 10.4. The van der Waals surface area contributed by atoms with E-state index in [1.807, 2.05) is 0 Å². The highest BCUT2D eigenvalue weighted by molar-refractivity contribution is 6.18. The van der Waals surface area contributed by atoms with Gasteiger partial charge in [0.25, 0.3) is 5.91 Å². The lowest BCUT2D eigenvalue weighted by Crippen LogP contribution is -2.49. The first-order chi connectivity index (χ1) is 9.13. The summed E-state index contributed by atoms with van der Waals surface area (Å²) in [4.78, 5) is 15.8. The molecule has 0 aliphatic carbocycles. The van der Waals surface area contributed by atoms with Gasteiger partial charge in [0.1, 0.15) is 0 Å². The smallest absolute Gasteiger partial charge is 0.257 e. The molecule has 19 heavy (non-hydrogen) atoms. The first kappa shape index (κ1) is 14.2. The molecule has 1 amide bonds. The number of alkyl halides is 1. The fourth-order valence-electron chi connectivity index (χ4n) is 2.13. The van der Waals surface area contributed by atoms with Crippen LogP contribution in [0, 0.1) is 11.6 Å². The fraction of sp³-hybridized carbons (Fsp3) is 0.462. The van der Waals surface area contributed by atoms with Gasteiger partial charge >= 0.3 is 0 Å². The van der Waals surface area contributed by atoms with Crippen LogP contribution in [0.1, 0.15) is 10.4 Å². The molecule has 0 spiro atoms. The van der Waals surface area contributed by atoms with Gasteiger partial charge in [-0.15, -0.1) is 11.6 Å². The van der Waals surface area contributed by atoms with E-state index in [1.165, 1.54) is 12.1 Å². The molecule has 6 heteroatoms. The maximum Gasteiger partial charge on any atom is 0.257 e. The monoisotopic (exact) mass is 288 g/mol. The molecule has 1 fully saturated rings. The maximum atomic E-state index is 13.6. The van der Waals surface area contributed by atoms with Crippen molar-refractivity contribution < 1.29 is 13.6 Å². The Hall–Kier alpha value is -1.20. The van der Waals surface area contributed by atoms with Crippen LogP contribution in [-0.4, -0.2) is 54.3 Å². The number of hydrogen-bond acceptors (Lipinski definition) is 2. The molecule has 1 aliphatic heterocycles. The van der Waals surface area contributed by atoms with E-state index in [0.717, 1.165) is 12.6 Å². The van der Waals surface area contributed by atoms with Gasteiger partial charge in [-0.3, -0.25) is 9.69 Å². The summed E-state index contributed by atoms with van der Waals surface area (Å²) in [6.07, 6.45) is 0. The Labute approximate surface area is 115 Å². The fourth-order valence-corrected chi connectivity index (χ4v) is 2.37. The molecule has 0 bridgehead atoms. The Morgan fingerprint density at radius 2 is 1.89 bits per heavy atom. The second-order valence-electron chi connectivity index (χ2n) is 4.42. The Bertz CT molecular complexity index is 462. The quantitative estimate of drug-likeness (QED) is 0.794. The van der Waals surface area contributed by atoms with Gasteiger partial charge in [-0.05, 0) is 12.1 Å². The normalized spacial score (nSPS) is 16.7. The summed E-state index contributed by atoms with van der Waals surface area (Å²) in [7, 11) is 0.